The minimum absolute atomic E-state index is 0.0552. The zero-order valence-corrected chi connectivity index (χ0v) is 19.1. The Morgan fingerprint density at radius 1 is 1.03 bits per heavy atom. The first-order valence-electron chi connectivity index (χ1n) is 11.1. The number of fused-ring (bicyclic) bond motifs is 1. The normalized spacial score (nSPS) is 19.7. The molecule has 2 aromatic carbocycles. The van der Waals surface area contributed by atoms with Crippen LogP contribution in [-0.2, 0) is 11.3 Å². The van der Waals surface area contributed by atoms with Crippen LogP contribution in [0.5, 0.6) is 0 Å². The van der Waals surface area contributed by atoms with Crippen molar-refractivity contribution in [2.45, 2.75) is 24.4 Å². The third kappa shape index (κ3) is 4.60. The van der Waals surface area contributed by atoms with E-state index < -0.39 is 0 Å². The molecule has 32 heavy (non-hydrogen) atoms. The summed E-state index contributed by atoms with van der Waals surface area (Å²) in [6.07, 6.45) is 0. The average molecular weight is 449 g/mol. The number of para-hydroxylation sites is 1. The standard InChI is InChI=1S/C25H28N4O2S/c1-19-15-21(31-26-19)16-27-11-13-28(14-12-27)17-25(30)29-22-9-5-6-10-24(22)32-18-23(29)20-7-3-2-4-8-20/h2-10,15,23H,11-14,16-18H2,1H3. The summed E-state index contributed by atoms with van der Waals surface area (Å²) < 4.78 is 5.36. The SMILES string of the molecule is Cc1cc(CN2CCN(CC(=O)N3c4ccccc4SCC3c3ccccc3)CC2)on1. The van der Waals surface area contributed by atoms with Crippen molar-refractivity contribution in [3.8, 4) is 0 Å². The molecule has 0 saturated carbocycles. The molecular formula is C25H28N4O2S. The highest BCUT2D eigenvalue weighted by Crippen LogP contribution is 2.43. The molecule has 5 rings (SSSR count). The highest BCUT2D eigenvalue weighted by molar-refractivity contribution is 7.99. The molecular weight excluding hydrogens is 420 g/mol. The second kappa shape index (κ2) is 9.48. The Labute approximate surface area is 193 Å². The van der Waals surface area contributed by atoms with Crippen molar-refractivity contribution in [3.63, 3.8) is 0 Å². The quantitative estimate of drug-likeness (QED) is 0.589. The summed E-state index contributed by atoms with van der Waals surface area (Å²) in [4.78, 5) is 21.5. The van der Waals surface area contributed by atoms with E-state index in [4.69, 9.17) is 4.52 Å². The van der Waals surface area contributed by atoms with Crippen molar-refractivity contribution < 1.29 is 9.32 Å². The van der Waals surface area contributed by atoms with Crippen LogP contribution in [0, 0.1) is 6.92 Å². The van der Waals surface area contributed by atoms with Crippen molar-refractivity contribution in [1.82, 2.24) is 15.0 Å². The molecule has 2 aliphatic rings. The van der Waals surface area contributed by atoms with Gasteiger partial charge in [0.15, 0.2) is 5.76 Å². The maximum atomic E-state index is 13.6. The molecule has 7 heteroatoms. The summed E-state index contributed by atoms with van der Waals surface area (Å²) in [5.41, 5.74) is 3.13. The summed E-state index contributed by atoms with van der Waals surface area (Å²) in [6.45, 7) is 6.74. The van der Waals surface area contributed by atoms with E-state index in [1.807, 2.05) is 47.9 Å². The predicted molar refractivity (Wildman–Crippen MR) is 127 cm³/mol. The zero-order valence-electron chi connectivity index (χ0n) is 18.3. The summed E-state index contributed by atoms with van der Waals surface area (Å²) in [5.74, 6) is 1.95. The van der Waals surface area contributed by atoms with Crippen LogP contribution in [0.2, 0.25) is 0 Å². The Hall–Kier alpha value is -2.61. The van der Waals surface area contributed by atoms with Crippen LogP contribution in [0.15, 0.2) is 70.1 Å². The Kier molecular flexibility index (Phi) is 6.30. The number of amides is 1. The predicted octanol–water partition coefficient (Wildman–Crippen LogP) is 3.98. The van der Waals surface area contributed by atoms with Gasteiger partial charge in [-0.3, -0.25) is 14.6 Å². The fourth-order valence-electron chi connectivity index (χ4n) is 4.50. The number of hydrogen-bond donors (Lipinski definition) is 0. The minimum Gasteiger partial charge on any atom is -0.360 e. The van der Waals surface area contributed by atoms with Gasteiger partial charge < -0.3 is 9.42 Å². The van der Waals surface area contributed by atoms with Gasteiger partial charge in [-0.1, -0.05) is 47.6 Å². The fourth-order valence-corrected chi connectivity index (χ4v) is 5.67. The van der Waals surface area contributed by atoms with E-state index >= 15 is 0 Å². The summed E-state index contributed by atoms with van der Waals surface area (Å²) in [7, 11) is 0. The van der Waals surface area contributed by atoms with Gasteiger partial charge in [0.2, 0.25) is 5.91 Å². The van der Waals surface area contributed by atoms with Crippen molar-refractivity contribution >= 4 is 23.4 Å². The van der Waals surface area contributed by atoms with Crippen molar-refractivity contribution in [3.05, 3.63) is 77.7 Å². The number of anilines is 1. The van der Waals surface area contributed by atoms with E-state index in [2.05, 4.69) is 51.4 Å². The van der Waals surface area contributed by atoms with Crippen LogP contribution >= 0.6 is 11.8 Å². The third-order valence-corrected chi connectivity index (χ3v) is 7.30. The lowest BCUT2D eigenvalue weighted by atomic mass is 10.1. The first kappa shape index (κ1) is 21.2. The number of piperazine rings is 1. The number of aryl methyl sites for hydroxylation is 1. The smallest absolute Gasteiger partial charge is 0.241 e. The monoisotopic (exact) mass is 448 g/mol. The number of hydrogen-bond acceptors (Lipinski definition) is 6. The maximum Gasteiger partial charge on any atom is 0.241 e. The van der Waals surface area contributed by atoms with Gasteiger partial charge in [-0.15, -0.1) is 11.8 Å². The number of carbonyl (C=O) groups excluding carboxylic acids is 1. The topological polar surface area (TPSA) is 52.8 Å². The molecule has 3 aromatic rings. The van der Waals surface area contributed by atoms with Gasteiger partial charge in [0.25, 0.3) is 0 Å². The maximum absolute atomic E-state index is 13.6. The van der Waals surface area contributed by atoms with E-state index in [0.29, 0.717) is 6.54 Å². The number of benzene rings is 2. The molecule has 1 unspecified atom stereocenters. The number of rotatable bonds is 5. The third-order valence-electron chi connectivity index (χ3n) is 6.17. The Bertz CT molecular complexity index is 1060. The largest absolute Gasteiger partial charge is 0.360 e. The van der Waals surface area contributed by atoms with Crippen molar-refractivity contribution in [1.29, 1.82) is 0 Å². The molecule has 0 spiro atoms. The Balaban J connectivity index is 1.27. The van der Waals surface area contributed by atoms with Gasteiger partial charge in [0, 0.05) is 42.9 Å². The zero-order chi connectivity index (χ0) is 21.9. The van der Waals surface area contributed by atoms with Gasteiger partial charge in [-0.2, -0.15) is 0 Å². The first-order valence-corrected chi connectivity index (χ1v) is 12.1. The van der Waals surface area contributed by atoms with Gasteiger partial charge in [0.1, 0.15) is 0 Å². The number of nitrogens with zero attached hydrogens (tertiary/aromatic N) is 4. The molecule has 6 nitrogen and oxygen atoms in total. The Morgan fingerprint density at radius 3 is 2.50 bits per heavy atom. The lowest BCUT2D eigenvalue weighted by Gasteiger charge is -2.39. The summed E-state index contributed by atoms with van der Waals surface area (Å²) in [5, 5.41) is 3.97. The van der Waals surface area contributed by atoms with Crippen LogP contribution in [0.4, 0.5) is 5.69 Å². The second-order valence-corrected chi connectivity index (χ2v) is 9.52. The lowest BCUT2D eigenvalue weighted by molar-refractivity contribution is -0.120. The molecule has 1 atom stereocenters. The second-order valence-electron chi connectivity index (χ2n) is 8.46. The minimum atomic E-state index is 0.0552. The number of thioether (sulfide) groups is 1. The summed E-state index contributed by atoms with van der Waals surface area (Å²) in [6, 6.07) is 20.7. The van der Waals surface area contributed by atoms with Crippen LogP contribution < -0.4 is 4.90 Å². The van der Waals surface area contributed by atoms with E-state index in [9.17, 15) is 4.79 Å². The highest BCUT2D eigenvalue weighted by Gasteiger charge is 2.33. The first-order chi connectivity index (χ1) is 15.7. The Morgan fingerprint density at radius 2 is 1.75 bits per heavy atom. The fraction of sp³-hybridized carbons (Fsp3) is 0.360. The summed E-state index contributed by atoms with van der Waals surface area (Å²) >= 11 is 1.83. The van der Waals surface area contributed by atoms with Gasteiger partial charge in [0.05, 0.1) is 30.5 Å². The van der Waals surface area contributed by atoms with E-state index in [1.165, 1.54) is 10.5 Å². The molecule has 2 aliphatic heterocycles. The molecule has 166 valence electrons. The molecule has 1 amide bonds. The molecule has 0 radical (unpaired) electrons. The lowest BCUT2D eigenvalue weighted by Crippen LogP contribution is -2.51. The van der Waals surface area contributed by atoms with Crippen LogP contribution in [-0.4, -0.2) is 59.3 Å². The van der Waals surface area contributed by atoms with Crippen molar-refractivity contribution in [2.75, 3.05) is 43.4 Å². The number of aromatic nitrogens is 1. The molecule has 3 heterocycles. The van der Waals surface area contributed by atoms with Gasteiger partial charge in [-0.05, 0) is 24.6 Å². The molecule has 0 aliphatic carbocycles. The number of carbonyl (C=O) groups is 1. The average Bonchev–Trinajstić information content (AvgIpc) is 3.24. The van der Waals surface area contributed by atoms with Crippen LogP contribution in [0.3, 0.4) is 0 Å². The highest BCUT2D eigenvalue weighted by atomic mass is 32.2. The molecule has 1 fully saturated rings. The van der Waals surface area contributed by atoms with E-state index in [1.54, 1.807) is 0 Å². The van der Waals surface area contributed by atoms with Crippen molar-refractivity contribution in [2.24, 2.45) is 0 Å². The van der Waals surface area contributed by atoms with Crippen LogP contribution in [0.1, 0.15) is 23.1 Å². The molecule has 1 aromatic heterocycles. The molecule has 0 N–H and O–H groups in total. The van der Waals surface area contributed by atoms with Crippen LogP contribution in [0.25, 0.3) is 0 Å². The molecule has 0 bridgehead atoms. The van der Waals surface area contributed by atoms with Gasteiger partial charge in [-0.25, -0.2) is 0 Å². The van der Waals surface area contributed by atoms with E-state index in [0.717, 1.165) is 55.6 Å². The van der Waals surface area contributed by atoms with E-state index in [-0.39, 0.29) is 11.9 Å². The molecule has 1 saturated heterocycles. The van der Waals surface area contributed by atoms with Gasteiger partial charge >= 0.3 is 0 Å².